The third-order valence-electron chi connectivity index (χ3n) is 3.54. The van der Waals surface area contributed by atoms with Crippen molar-refractivity contribution in [2.24, 2.45) is 0 Å². The van der Waals surface area contributed by atoms with Crippen LogP contribution in [0.3, 0.4) is 0 Å². The van der Waals surface area contributed by atoms with E-state index in [0.717, 1.165) is 16.7 Å². The van der Waals surface area contributed by atoms with Crippen LogP contribution in [0, 0.1) is 20.8 Å². The lowest BCUT2D eigenvalue weighted by atomic mass is 9.95. The van der Waals surface area contributed by atoms with Gasteiger partial charge in [0.05, 0.1) is 12.2 Å². The standard InChI is InChI=1S/C18H21NO2/c1-5-21-17-7-6-11(2)8-15(17)18(20)14-10-16(19)13(4)9-12(14)3/h6-10H,5,19H2,1-4H3. The van der Waals surface area contributed by atoms with E-state index in [1.54, 1.807) is 6.07 Å². The van der Waals surface area contributed by atoms with Crippen molar-refractivity contribution in [3.05, 3.63) is 58.1 Å². The average Bonchev–Trinajstić information content (AvgIpc) is 2.44. The Hall–Kier alpha value is -2.29. The number of ether oxygens (including phenoxy) is 1. The number of aryl methyl sites for hydroxylation is 3. The highest BCUT2D eigenvalue weighted by Crippen LogP contribution is 2.26. The van der Waals surface area contributed by atoms with E-state index in [-0.39, 0.29) is 5.78 Å². The van der Waals surface area contributed by atoms with E-state index < -0.39 is 0 Å². The van der Waals surface area contributed by atoms with Crippen LogP contribution < -0.4 is 10.5 Å². The number of ketones is 1. The Labute approximate surface area is 125 Å². The fourth-order valence-electron chi connectivity index (χ4n) is 2.36. The largest absolute Gasteiger partial charge is 0.493 e. The summed E-state index contributed by atoms with van der Waals surface area (Å²) in [7, 11) is 0. The van der Waals surface area contributed by atoms with E-state index in [1.807, 2.05) is 52.0 Å². The van der Waals surface area contributed by atoms with Crippen molar-refractivity contribution < 1.29 is 9.53 Å². The Balaban J connectivity index is 2.54. The lowest BCUT2D eigenvalue weighted by Gasteiger charge is -2.13. The third kappa shape index (κ3) is 3.07. The molecule has 3 heteroatoms. The second-order valence-corrected chi connectivity index (χ2v) is 5.29. The number of rotatable bonds is 4. The molecule has 0 atom stereocenters. The van der Waals surface area contributed by atoms with Gasteiger partial charge in [0.25, 0.3) is 0 Å². The Bertz CT molecular complexity index is 690. The second kappa shape index (κ2) is 6.00. The summed E-state index contributed by atoms with van der Waals surface area (Å²) in [4.78, 5) is 12.8. The molecule has 0 radical (unpaired) electrons. The summed E-state index contributed by atoms with van der Waals surface area (Å²) in [6.07, 6.45) is 0. The van der Waals surface area contributed by atoms with Crippen LogP contribution in [0.1, 0.15) is 39.5 Å². The summed E-state index contributed by atoms with van der Waals surface area (Å²) in [6.45, 7) is 8.26. The third-order valence-corrected chi connectivity index (χ3v) is 3.54. The van der Waals surface area contributed by atoms with Gasteiger partial charge >= 0.3 is 0 Å². The van der Waals surface area contributed by atoms with Crippen molar-refractivity contribution in [1.29, 1.82) is 0 Å². The molecule has 0 fully saturated rings. The Morgan fingerprint density at radius 2 is 1.76 bits per heavy atom. The highest BCUT2D eigenvalue weighted by Gasteiger charge is 2.17. The van der Waals surface area contributed by atoms with E-state index in [4.69, 9.17) is 10.5 Å². The minimum absolute atomic E-state index is 0.0497. The van der Waals surface area contributed by atoms with Crippen LogP contribution in [-0.2, 0) is 0 Å². The van der Waals surface area contributed by atoms with Crippen molar-refractivity contribution in [3.63, 3.8) is 0 Å². The number of nitrogens with two attached hydrogens (primary N) is 1. The van der Waals surface area contributed by atoms with Crippen molar-refractivity contribution >= 4 is 11.5 Å². The maximum Gasteiger partial charge on any atom is 0.197 e. The van der Waals surface area contributed by atoms with E-state index in [1.165, 1.54) is 0 Å². The molecule has 0 aliphatic heterocycles. The number of hydrogen-bond acceptors (Lipinski definition) is 3. The van der Waals surface area contributed by atoms with Crippen molar-refractivity contribution in [3.8, 4) is 5.75 Å². The fourth-order valence-corrected chi connectivity index (χ4v) is 2.36. The van der Waals surface area contributed by atoms with Gasteiger partial charge in [-0.2, -0.15) is 0 Å². The molecule has 0 saturated carbocycles. The Morgan fingerprint density at radius 1 is 1.05 bits per heavy atom. The number of carbonyl (C=O) groups is 1. The minimum atomic E-state index is -0.0497. The molecule has 2 aromatic rings. The molecule has 2 N–H and O–H groups in total. The van der Waals surface area contributed by atoms with Crippen LogP contribution in [0.2, 0.25) is 0 Å². The molecule has 0 aliphatic rings. The first-order valence-corrected chi connectivity index (χ1v) is 7.09. The van der Waals surface area contributed by atoms with Gasteiger partial charge in [-0.1, -0.05) is 17.7 Å². The van der Waals surface area contributed by atoms with Crippen LogP contribution in [0.15, 0.2) is 30.3 Å². The number of hydrogen-bond donors (Lipinski definition) is 1. The van der Waals surface area contributed by atoms with Crippen LogP contribution in [0.25, 0.3) is 0 Å². The van der Waals surface area contributed by atoms with Gasteiger partial charge in [-0.3, -0.25) is 4.79 Å². The summed E-state index contributed by atoms with van der Waals surface area (Å²) >= 11 is 0. The van der Waals surface area contributed by atoms with Crippen LogP contribution in [0.5, 0.6) is 5.75 Å². The van der Waals surface area contributed by atoms with Crippen LogP contribution >= 0.6 is 0 Å². The maximum atomic E-state index is 12.8. The summed E-state index contributed by atoms with van der Waals surface area (Å²) in [5.74, 6) is 0.568. The Kier molecular flexibility index (Phi) is 4.32. The molecule has 0 unspecified atom stereocenters. The van der Waals surface area contributed by atoms with Crippen LogP contribution in [-0.4, -0.2) is 12.4 Å². The Morgan fingerprint density at radius 3 is 2.43 bits per heavy atom. The molecule has 0 spiro atoms. The number of anilines is 1. The van der Waals surface area contributed by atoms with Crippen molar-refractivity contribution in [2.45, 2.75) is 27.7 Å². The normalized spacial score (nSPS) is 10.5. The highest BCUT2D eigenvalue weighted by atomic mass is 16.5. The predicted molar refractivity (Wildman–Crippen MR) is 86.1 cm³/mol. The van der Waals surface area contributed by atoms with Gasteiger partial charge in [-0.05, 0) is 57.0 Å². The zero-order valence-electron chi connectivity index (χ0n) is 13.0. The van der Waals surface area contributed by atoms with Gasteiger partial charge < -0.3 is 10.5 Å². The molecule has 0 amide bonds. The quantitative estimate of drug-likeness (QED) is 0.685. The minimum Gasteiger partial charge on any atom is -0.493 e. The maximum absolute atomic E-state index is 12.8. The lowest BCUT2D eigenvalue weighted by molar-refractivity contribution is 0.103. The molecule has 0 aromatic heterocycles. The topological polar surface area (TPSA) is 52.3 Å². The molecule has 0 heterocycles. The van der Waals surface area contributed by atoms with Gasteiger partial charge in [0.15, 0.2) is 5.78 Å². The summed E-state index contributed by atoms with van der Waals surface area (Å²) < 4.78 is 5.58. The highest BCUT2D eigenvalue weighted by molar-refractivity contribution is 6.12. The predicted octanol–water partition coefficient (Wildman–Crippen LogP) is 3.82. The van der Waals surface area contributed by atoms with Crippen molar-refractivity contribution in [2.75, 3.05) is 12.3 Å². The number of nitrogen functional groups attached to an aromatic ring is 1. The molecular formula is C18H21NO2. The van der Waals surface area contributed by atoms with E-state index >= 15 is 0 Å². The van der Waals surface area contributed by atoms with Gasteiger partial charge in [-0.25, -0.2) is 0 Å². The molecule has 21 heavy (non-hydrogen) atoms. The molecular weight excluding hydrogens is 262 g/mol. The van der Waals surface area contributed by atoms with Crippen molar-refractivity contribution in [1.82, 2.24) is 0 Å². The zero-order chi connectivity index (χ0) is 15.6. The molecule has 2 aromatic carbocycles. The fraction of sp³-hybridized carbons (Fsp3) is 0.278. The first kappa shape index (κ1) is 15.1. The zero-order valence-corrected chi connectivity index (χ0v) is 13.0. The summed E-state index contributed by atoms with van der Waals surface area (Å²) in [6, 6.07) is 9.35. The van der Waals surface area contributed by atoms with Gasteiger partial charge in [0.2, 0.25) is 0 Å². The van der Waals surface area contributed by atoms with Gasteiger partial charge in [0.1, 0.15) is 5.75 Å². The lowest BCUT2D eigenvalue weighted by Crippen LogP contribution is -2.08. The second-order valence-electron chi connectivity index (χ2n) is 5.29. The number of benzene rings is 2. The average molecular weight is 283 g/mol. The first-order chi connectivity index (χ1) is 9.93. The molecule has 2 rings (SSSR count). The molecule has 110 valence electrons. The SMILES string of the molecule is CCOc1ccc(C)cc1C(=O)c1cc(N)c(C)cc1C. The molecule has 0 aliphatic carbocycles. The van der Waals surface area contributed by atoms with Gasteiger partial charge in [0, 0.05) is 11.3 Å². The summed E-state index contributed by atoms with van der Waals surface area (Å²) in [5, 5.41) is 0. The van der Waals surface area contributed by atoms with E-state index in [2.05, 4.69) is 0 Å². The molecule has 0 bridgehead atoms. The smallest absolute Gasteiger partial charge is 0.197 e. The first-order valence-electron chi connectivity index (χ1n) is 7.09. The van der Waals surface area contributed by atoms with E-state index in [0.29, 0.717) is 29.2 Å². The molecule has 3 nitrogen and oxygen atoms in total. The van der Waals surface area contributed by atoms with E-state index in [9.17, 15) is 4.79 Å². The van der Waals surface area contributed by atoms with Crippen LogP contribution in [0.4, 0.5) is 5.69 Å². The van der Waals surface area contributed by atoms with Gasteiger partial charge in [-0.15, -0.1) is 0 Å². The molecule has 0 saturated heterocycles. The number of carbonyl (C=O) groups excluding carboxylic acids is 1. The summed E-state index contributed by atoms with van der Waals surface area (Å²) in [5.41, 5.74) is 10.7. The monoisotopic (exact) mass is 283 g/mol.